The molecule has 1 amide bonds. The van der Waals surface area contributed by atoms with Crippen LogP contribution in [0.15, 0.2) is 41.0 Å². The summed E-state index contributed by atoms with van der Waals surface area (Å²) >= 11 is 1.44. The smallest absolute Gasteiger partial charge is 0.330 e. The van der Waals surface area contributed by atoms with Crippen molar-refractivity contribution in [1.82, 2.24) is 4.90 Å². The van der Waals surface area contributed by atoms with Crippen LogP contribution >= 0.6 is 11.8 Å². The van der Waals surface area contributed by atoms with Gasteiger partial charge in [-0.2, -0.15) is 0 Å². The average molecular weight is 399 g/mol. The van der Waals surface area contributed by atoms with Crippen molar-refractivity contribution in [1.29, 1.82) is 0 Å². The van der Waals surface area contributed by atoms with Crippen LogP contribution in [0.3, 0.4) is 0 Å². The number of Topliss-reactive ketones (excluding diaryl/α,β-unsaturated/α-hetero) is 1. The largest absolute Gasteiger partial charge is 0.466 e. The first kappa shape index (κ1) is 18.8. The third kappa shape index (κ3) is 3.58. The molecule has 146 valence electrons. The van der Waals surface area contributed by atoms with E-state index in [-0.39, 0.29) is 23.7 Å². The lowest BCUT2D eigenvalue weighted by molar-refractivity contribution is -0.152. The lowest BCUT2D eigenvalue weighted by Gasteiger charge is -2.25. The molecule has 1 saturated heterocycles. The van der Waals surface area contributed by atoms with E-state index >= 15 is 0 Å². The molecule has 0 N–H and O–H groups in total. The van der Waals surface area contributed by atoms with Gasteiger partial charge in [-0.3, -0.25) is 9.59 Å². The molecule has 1 aliphatic carbocycles. The molecule has 7 heteroatoms. The molecule has 0 unspecified atom stereocenters. The zero-order valence-corrected chi connectivity index (χ0v) is 16.4. The van der Waals surface area contributed by atoms with Gasteiger partial charge in [-0.15, -0.1) is 11.8 Å². The second-order valence-electron chi connectivity index (χ2n) is 7.01. The van der Waals surface area contributed by atoms with E-state index in [1.165, 1.54) is 41.0 Å². The number of hydrogen-bond donors (Lipinski definition) is 0. The summed E-state index contributed by atoms with van der Waals surface area (Å²) in [6.45, 7) is 1.09. The first-order valence-corrected chi connectivity index (χ1v) is 10.3. The molecule has 1 aromatic heterocycles. The Bertz CT molecular complexity index is 908. The minimum atomic E-state index is -0.731. The van der Waals surface area contributed by atoms with E-state index in [4.69, 9.17) is 9.15 Å². The number of carbonyl (C=O) groups is 3. The van der Waals surface area contributed by atoms with Crippen molar-refractivity contribution in [2.45, 2.75) is 37.6 Å². The van der Waals surface area contributed by atoms with E-state index in [9.17, 15) is 14.4 Å². The molecule has 2 aliphatic rings. The molecule has 2 atom stereocenters. The van der Waals surface area contributed by atoms with Crippen LogP contribution in [0.4, 0.5) is 0 Å². The number of aryl methyl sites for hydroxylation is 2. The van der Waals surface area contributed by atoms with Crippen molar-refractivity contribution in [3.8, 4) is 0 Å². The number of nitrogens with zero attached hydrogens (tertiary/aromatic N) is 1. The van der Waals surface area contributed by atoms with E-state index in [0.29, 0.717) is 17.1 Å². The van der Waals surface area contributed by atoms with Crippen molar-refractivity contribution < 1.29 is 23.5 Å². The Morgan fingerprint density at radius 1 is 1.21 bits per heavy atom. The molecule has 0 bridgehead atoms. The van der Waals surface area contributed by atoms with E-state index in [0.717, 1.165) is 19.3 Å². The summed E-state index contributed by atoms with van der Waals surface area (Å²) in [5, 5.41) is -0.363. The number of esters is 1. The third-order valence-electron chi connectivity index (χ3n) is 5.19. The third-order valence-corrected chi connectivity index (χ3v) is 6.47. The number of hydrogen-bond acceptors (Lipinski definition) is 6. The van der Waals surface area contributed by atoms with Crippen molar-refractivity contribution in [2.75, 3.05) is 12.4 Å². The summed E-state index contributed by atoms with van der Waals surface area (Å²) in [5.41, 5.74) is 3.05. The number of thioether (sulfide) groups is 1. The van der Waals surface area contributed by atoms with E-state index in [1.54, 1.807) is 18.2 Å². The van der Waals surface area contributed by atoms with Gasteiger partial charge in [-0.05, 0) is 48.6 Å². The Morgan fingerprint density at radius 2 is 2.04 bits per heavy atom. The predicted molar refractivity (Wildman–Crippen MR) is 104 cm³/mol. The Hall–Kier alpha value is -2.54. The molecule has 28 heavy (non-hydrogen) atoms. The summed E-state index contributed by atoms with van der Waals surface area (Å²) in [4.78, 5) is 38.6. The van der Waals surface area contributed by atoms with Crippen molar-refractivity contribution in [2.24, 2.45) is 0 Å². The van der Waals surface area contributed by atoms with Gasteiger partial charge < -0.3 is 14.1 Å². The summed E-state index contributed by atoms with van der Waals surface area (Å²) < 4.78 is 10.7. The minimum Gasteiger partial charge on any atom is -0.466 e. The second kappa shape index (κ2) is 7.83. The van der Waals surface area contributed by atoms with Gasteiger partial charge in [0.1, 0.15) is 17.2 Å². The maximum absolute atomic E-state index is 12.6. The molecule has 0 spiro atoms. The molecule has 2 aromatic rings. The monoisotopic (exact) mass is 399 g/mol. The van der Waals surface area contributed by atoms with Crippen molar-refractivity contribution >= 4 is 29.4 Å². The fraction of sp³-hybridized carbons (Fsp3) is 0.381. The quantitative estimate of drug-likeness (QED) is 0.568. The summed E-state index contributed by atoms with van der Waals surface area (Å²) in [6, 6.07) is 8.47. The number of benzene rings is 1. The highest BCUT2D eigenvalue weighted by Crippen LogP contribution is 2.41. The highest BCUT2D eigenvalue weighted by atomic mass is 32.2. The van der Waals surface area contributed by atoms with Crippen LogP contribution in [0.1, 0.15) is 46.0 Å². The molecular formula is C21H21NO5S. The van der Waals surface area contributed by atoms with Gasteiger partial charge in [-0.25, -0.2) is 4.79 Å². The normalized spacial score (nSPS) is 20.8. The van der Waals surface area contributed by atoms with Crippen LogP contribution in [-0.4, -0.2) is 41.0 Å². The lowest BCUT2D eigenvalue weighted by atomic mass is 10.0. The molecule has 1 aromatic carbocycles. The Balaban J connectivity index is 1.40. The van der Waals surface area contributed by atoms with Crippen LogP contribution < -0.4 is 0 Å². The van der Waals surface area contributed by atoms with Gasteiger partial charge in [0.2, 0.25) is 5.91 Å². The van der Waals surface area contributed by atoms with E-state index < -0.39 is 12.0 Å². The molecular weight excluding hydrogens is 378 g/mol. The molecule has 1 aliphatic heterocycles. The Kier molecular flexibility index (Phi) is 5.26. The fourth-order valence-electron chi connectivity index (χ4n) is 3.78. The predicted octanol–water partition coefficient (Wildman–Crippen LogP) is 3.16. The maximum Gasteiger partial charge on any atom is 0.330 e. The SMILES string of the molecule is CC(=O)N1[C@H](C(=O)OCC(=O)c2ccc3c(c2)CCC3)CS[C@H]1c1ccco1. The molecule has 0 saturated carbocycles. The maximum atomic E-state index is 12.6. The highest BCUT2D eigenvalue weighted by Gasteiger charge is 2.43. The van der Waals surface area contributed by atoms with Crippen molar-refractivity contribution in [3.63, 3.8) is 0 Å². The van der Waals surface area contributed by atoms with Crippen LogP contribution in [0.5, 0.6) is 0 Å². The van der Waals surface area contributed by atoms with Crippen LogP contribution in [0, 0.1) is 0 Å². The standard InChI is InChI=1S/C21H21NO5S/c1-13(23)22-17(12-28-20(22)19-6-3-9-26-19)21(25)27-11-18(24)16-8-7-14-4-2-5-15(14)10-16/h3,6-10,17,20H,2,4-5,11-12H2,1H3/t17-,20-/m0/s1. The molecule has 1 fully saturated rings. The van der Waals surface area contributed by atoms with Gasteiger partial charge in [0.05, 0.1) is 6.26 Å². The van der Waals surface area contributed by atoms with Gasteiger partial charge in [0.15, 0.2) is 12.4 Å². The zero-order valence-electron chi connectivity index (χ0n) is 15.6. The van der Waals surface area contributed by atoms with Gasteiger partial charge in [-0.1, -0.05) is 12.1 Å². The number of ether oxygens (including phenoxy) is 1. The van der Waals surface area contributed by atoms with Crippen molar-refractivity contribution in [3.05, 3.63) is 59.0 Å². The van der Waals surface area contributed by atoms with E-state index in [1.807, 2.05) is 12.1 Å². The summed E-state index contributed by atoms with van der Waals surface area (Å²) in [7, 11) is 0. The van der Waals surface area contributed by atoms with Crippen LogP contribution in [0.25, 0.3) is 0 Å². The van der Waals surface area contributed by atoms with Gasteiger partial charge >= 0.3 is 5.97 Å². The van der Waals surface area contributed by atoms with Crippen LogP contribution in [-0.2, 0) is 27.2 Å². The van der Waals surface area contributed by atoms with Gasteiger partial charge in [0.25, 0.3) is 0 Å². The average Bonchev–Trinajstić information content (AvgIpc) is 3.44. The topological polar surface area (TPSA) is 76.8 Å². The number of rotatable bonds is 5. The minimum absolute atomic E-state index is 0.231. The van der Waals surface area contributed by atoms with E-state index in [2.05, 4.69) is 0 Å². The molecule has 4 rings (SSSR count). The first-order chi connectivity index (χ1) is 13.5. The van der Waals surface area contributed by atoms with Gasteiger partial charge in [0, 0.05) is 18.2 Å². The second-order valence-corrected chi connectivity index (χ2v) is 8.12. The first-order valence-electron chi connectivity index (χ1n) is 9.30. The fourth-order valence-corrected chi connectivity index (χ4v) is 5.20. The van der Waals surface area contributed by atoms with Crippen LogP contribution in [0.2, 0.25) is 0 Å². The lowest BCUT2D eigenvalue weighted by Crippen LogP contribution is -2.43. The number of carbonyl (C=O) groups excluding carboxylic acids is 3. The molecule has 6 nitrogen and oxygen atoms in total. The molecule has 2 heterocycles. The summed E-state index contributed by atoms with van der Waals surface area (Å²) in [5.74, 6) is -0.0171. The summed E-state index contributed by atoms with van der Waals surface area (Å²) in [6.07, 6.45) is 4.68. The zero-order chi connectivity index (χ0) is 19.7. The number of ketones is 1. The Labute approximate surface area is 167 Å². The highest BCUT2D eigenvalue weighted by molar-refractivity contribution is 7.99. The number of furan rings is 1. The Morgan fingerprint density at radius 3 is 2.79 bits per heavy atom. The number of fused-ring (bicyclic) bond motifs is 1. The number of amides is 1. The molecule has 0 radical (unpaired) electrons.